The summed E-state index contributed by atoms with van der Waals surface area (Å²) < 4.78 is 15.5. The van der Waals surface area contributed by atoms with Crippen LogP contribution in [0.2, 0.25) is 0 Å². The molecule has 0 saturated carbocycles. The van der Waals surface area contributed by atoms with Gasteiger partial charge in [-0.15, -0.1) is 0 Å². The van der Waals surface area contributed by atoms with Gasteiger partial charge in [-0.3, -0.25) is 4.74 Å². The van der Waals surface area contributed by atoms with Crippen molar-refractivity contribution in [3.63, 3.8) is 0 Å². The minimum atomic E-state index is -0.949. The Hall–Kier alpha value is -3.02. The van der Waals surface area contributed by atoms with E-state index in [1.54, 1.807) is 61.0 Å². The molecule has 0 spiro atoms. The predicted molar refractivity (Wildman–Crippen MR) is 72.8 cm³/mol. The Balaban J connectivity index is 2.21. The number of rotatable bonds is 6. The average Bonchev–Trinajstić information content (AvgIpc) is 2.55. The van der Waals surface area contributed by atoms with Gasteiger partial charge in [0.15, 0.2) is 0 Å². The van der Waals surface area contributed by atoms with Crippen molar-refractivity contribution in [3.05, 3.63) is 71.8 Å². The first kappa shape index (κ1) is 14.4. The monoisotopic (exact) mass is 280 g/mol. The summed E-state index contributed by atoms with van der Waals surface area (Å²) in [7, 11) is 0. The van der Waals surface area contributed by atoms with Crippen molar-refractivity contribution >= 4 is 0 Å². The summed E-state index contributed by atoms with van der Waals surface area (Å²) in [6.07, 6.45) is 1.30. The van der Waals surface area contributed by atoms with E-state index < -0.39 is 12.6 Å². The minimum absolute atomic E-state index is 0.654. The second-order valence-electron chi connectivity index (χ2n) is 4.04. The van der Waals surface area contributed by atoms with Crippen molar-refractivity contribution in [1.29, 1.82) is 10.5 Å². The highest BCUT2D eigenvalue weighted by atomic mass is 16.8. The van der Waals surface area contributed by atoms with Crippen molar-refractivity contribution in [2.75, 3.05) is 0 Å². The molecular formula is C16H12N2O3. The molecule has 2 rings (SSSR count). The molecule has 0 aromatic heterocycles. The van der Waals surface area contributed by atoms with Crippen LogP contribution in [-0.4, -0.2) is 0 Å². The highest BCUT2D eigenvalue weighted by Gasteiger charge is 2.22. The molecule has 104 valence electrons. The Morgan fingerprint density at radius 1 is 0.667 bits per heavy atom. The zero-order valence-corrected chi connectivity index (χ0v) is 11.0. The number of ether oxygens (including phenoxy) is 3. The van der Waals surface area contributed by atoms with E-state index in [1.807, 2.05) is 12.1 Å². The van der Waals surface area contributed by atoms with Crippen LogP contribution in [0.4, 0.5) is 0 Å². The lowest BCUT2D eigenvalue weighted by Crippen LogP contribution is -2.13. The third-order valence-electron chi connectivity index (χ3n) is 2.71. The fourth-order valence-corrected chi connectivity index (χ4v) is 1.78. The predicted octanol–water partition coefficient (Wildman–Crippen LogP) is 3.40. The van der Waals surface area contributed by atoms with Crippen molar-refractivity contribution in [3.8, 4) is 12.5 Å². The smallest absolute Gasteiger partial charge is 0.289 e. The molecule has 0 N–H and O–H groups in total. The van der Waals surface area contributed by atoms with Gasteiger partial charge in [0.05, 0.1) is 0 Å². The number of hydrogen-bond acceptors (Lipinski definition) is 5. The number of benzene rings is 2. The van der Waals surface area contributed by atoms with E-state index in [9.17, 15) is 0 Å². The fraction of sp³-hybridized carbons (Fsp3) is 0.125. The average molecular weight is 280 g/mol. The minimum Gasteiger partial charge on any atom is -0.391 e. The van der Waals surface area contributed by atoms with Gasteiger partial charge < -0.3 is 9.47 Å². The van der Waals surface area contributed by atoms with E-state index in [2.05, 4.69) is 0 Å². The number of nitrogens with zero attached hydrogens (tertiary/aromatic N) is 2. The van der Waals surface area contributed by atoms with E-state index >= 15 is 0 Å². The van der Waals surface area contributed by atoms with Crippen LogP contribution in [0.1, 0.15) is 23.7 Å². The maximum atomic E-state index is 8.75. The van der Waals surface area contributed by atoms with Crippen LogP contribution in [0.5, 0.6) is 0 Å². The van der Waals surface area contributed by atoms with E-state index in [-0.39, 0.29) is 0 Å². The summed E-state index contributed by atoms with van der Waals surface area (Å²) in [6, 6.07) is 17.9. The van der Waals surface area contributed by atoms with E-state index in [4.69, 9.17) is 24.7 Å². The second-order valence-corrected chi connectivity index (χ2v) is 4.04. The molecule has 0 aliphatic rings. The standard InChI is InChI=1S/C16H12N2O3/c17-11-19-15(13-7-3-1-4-8-13)21-16(20-12-18)14-9-5-2-6-10-14/h1-10,15-16H. The third-order valence-corrected chi connectivity index (χ3v) is 2.71. The molecule has 5 nitrogen and oxygen atoms in total. The van der Waals surface area contributed by atoms with Crippen molar-refractivity contribution in [2.24, 2.45) is 0 Å². The van der Waals surface area contributed by atoms with Gasteiger partial charge in [0, 0.05) is 11.1 Å². The molecule has 0 fully saturated rings. The molecule has 2 aromatic rings. The lowest BCUT2D eigenvalue weighted by Gasteiger charge is -2.21. The highest BCUT2D eigenvalue weighted by molar-refractivity contribution is 5.18. The van der Waals surface area contributed by atoms with Crippen molar-refractivity contribution in [2.45, 2.75) is 12.6 Å². The van der Waals surface area contributed by atoms with Gasteiger partial charge in [-0.25, -0.2) is 0 Å². The Morgan fingerprint density at radius 3 is 1.38 bits per heavy atom. The van der Waals surface area contributed by atoms with E-state index in [0.29, 0.717) is 11.1 Å². The first-order valence-corrected chi connectivity index (χ1v) is 6.20. The van der Waals surface area contributed by atoms with Gasteiger partial charge in [-0.05, 0) is 0 Å². The zero-order chi connectivity index (χ0) is 14.9. The summed E-state index contributed by atoms with van der Waals surface area (Å²) in [5, 5.41) is 17.5. The zero-order valence-electron chi connectivity index (χ0n) is 11.0. The maximum absolute atomic E-state index is 8.75. The summed E-state index contributed by atoms with van der Waals surface area (Å²) in [6.45, 7) is 0. The Morgan fingerprint density at radius 2 is 1.05 bits per heavy atom. The summed E-state index contributed by atoms with van der Waals surface area (Å²) in [4.78, 5) is 0. The molecule has 0 aliphatic carbocycles. The van der Waals surface area contributed by atoms with Crippen LogP contribution in [0.25, 0.3) is 0 Å². The van der Waals surface area contributed by atoms with E-state index in [1.165, 1.54) is 0 Å². The van der Waals surface area contributed by atoms with E-state index in [0.717, 1.165) is 0 Å². The molecule has 2 unspecified atom stereocenters. The molecule has 0 amide bonds. The topological polar surface area (TPSA) is 75.3 Å². The van der Waals surface area contributed by atoms with Gasteiger partial charge in [-0.2, -0.15) is 10.5 Å². The van der Waals surface area contributed by atoms with Gasteiger partial charge >= 0.3 is 0 Å². The lowest BCUT2D eigenvalue weighted by atomic mass is 10.2. The molecule has 0 heterocycles. The van der Waals surface area contributed by atoms with Crippen LogP contribution < -0.4 is 0 Å². The first-order chi connectivity index (χ1) is 10.3. The quantitative estimate of drug-likeness (QED) is 0.598. The molecule has 0 radical (unpaired) electrons. The number of hydrogen-bond donors (Lipinski definition) is 0. The molecular weight excluding hydrogens is 268 g/mol. The van der Waals surface area contributed by atoms with Gasteiger partial charge in [0.25, 0.3) is 12.5 Å². The lowest BCUT2D eigenvalue weighted by molar-refractivity contribution is -0.213. The third kappa shape index (κ3) is 3.97. The van der Waals surface area contributed by atoms with Crippen LogP contribution in [0.15, 0.2) is 60.7 Å². The Labute approximate surface area is 122 Å². The van der Waals surface area contributed by atoms with Crippen molar-refractivity contribution in [1.82, 2.24) is 0 Å². The van der Waals surface area contributed by atoms with Crippen LogP contribution in [0, 0.1) is 23.0 Å². The molecule has 0 bridgehead atoms. The molecule has 2 atom stereocenters. The summed E-state index contributed by atoms with van der Waals surface area (Å²) in [5.74, 6) is 0. The molecule has 0 aliphatic heterocycles. The summed E-state index contributed by atoms with van der Waals surface area (Å²) >= 11 is 0. The largest absolute Gasteiger partial charge is 0.391 e. The SMILES string of the molecule is N#COC(OC(OC#N)c1ccccc1)c1ccccc1. The molecule has 2 aromatic carbocycles. The summed E-state index contributed by atoms with van der Waals surface area (Å²) in [5.41, 5.74) is 1.31. The normalized spacial score (nSPS) is 12.5. The molecule has 5 heteroatoms. The van der Waals surface area contributed by atoms with Gasteiger partial charge in [0.2, 0.25) is 12.6 Å². The van der Waals surface area contributed by atoms with Crippen LogP contribution in [0.3, 0.4) is 0 Å². The van der Waals surface area contributed by atoms with Gasteiger partial charge in [-0.1, -0.05) is 60.7 Å². The molecule has 21 heavy (non-hydrogen) atoms. The second kappa shape index (κ2) is 7.54. The highest BCUT2D eigenvalue weighted by Crippen LogP contribution is 2.28. The van der Waals surface area contributed by atoms with Crippen molar-refractivity contribution < 1.29 is 14.2 Å². The Kier molecular flexibility index (Phi) is 5.17. The number of nitriles is 2. The fourth-order valence-electron chi connectivity index (χ4n) is 1.78. The van der Waals surface area contributed by atoms with Crippen LogP contribution in [-0.2, 0) is 14.2 Å². The maximum Gasteiger partial charge on any atom is 0.289 e. The molecule has 0 saturated heterocycles. The van der Waals surface area contributed by atoms with Gasteiger partial charge in [0.1, 0.15) is 0 Å². The first-order valence-electron chi connectivity index (χ1n) is 6.20. The van der Waals surface area contributed by atoms with Crippen LogP contribution >= 0.6 is 0 Å². The Bertz CT molecular complexity index is 575.